The molecule has 0 atom stereocenters. The van der Waals surface area contributed by atoms with E-state index in [0.717, 1.165) is 24.3 Å². The Hall–Kier alpha value is -2.79. The maximum atomic E-state index is 12.7. The van der Waals surface area contributed by atoms with Crippen molar-refractivity contribution in [3.63, 3.8) is 0 Å². The van der Waals surface area contributed by atoms with Crippen LogP contribution in [-0.4, -0.2) is 19.5 Å². The quantitative estimate of drug-likeness (QED) is 0.702. The fourth-order valence-electron chi connectivity index (χ4n) is 1.92. The fraction of sp³-hybridized carbons (Fsp3) is 0.0714. The number of sulfonamides is 1. The van der Waals surface area contributed by atoms with Crippen molar-refractivity contribution in [2.75, 3.05) is 5.73 Å². The van der Waals surface area contributed by atoms with Crippen LogP contribution in [0.2, 0.25) is 0 Å². The molecule has 0 aliphatic rings. The number of benzene rings is 2. The largest absolute Gasteiger partial charge is 0.478 e. The van der Waals surface area contributed by atoms with Crippen molar-refractivity contribution in [3.8, 4) is 11.5 Å². The van der Waals surface area contributed by atoms with Gasteiger partial charge >= 0.3 is 12.1 Å². The van der Waals surface area contributed by atoms with Gasteiger partial charge in [-0.3, -0.25) is 0 Å². The number of carboxylic acid groups (broad SMARTS) is 1. The molecule has 0 amide bonds. The van der Waals surface area contributed by atoms with Crippen molar-refractivity contribution in [1.29, 1.82) is 0 Å². The number of alkyl halides is 3. The van der Waals surface area contributed by atoms with Gasteiger partial charge in [0.05, 0.1) is 16.8 Å². The van der Waals surface area contributed by atoms with Gasteiger partial charge in [-0.1, -0.05) is 6.07 Å². The summed E-state index contributed by atoms with van der Waals surface area (Å²) in [4.78, 5) is 10.2. The van der Waals surface area contributed by atoms with Crippen LogP contribution in [0.15, 0.2) is 41.3 Å². The van der Waals surface area contributed by atoms with Crippen LogP contribution >= 0.6 is 0 Å². The first kappa shape index (κ1) is 18.5. The average molecular weight is 376 g/mol. The Labute approximate surface area is 139 Å². The second-order valence-electron chi connectivity index (χ2n) is 4.87. The SMILES string of the molecule is Nc1cc(C(=O)O)cc(S(N)(=O)=O)c1Oc1cccc(C(F)(F)F)c1. The van der Waals surface area contributed by atoms with Crippen molar-refractivity contribution < 1.29 is 36.2 Å². The number of nitrogens with two attached hydrogens (primary N) is 2. The van der Waals surface area contributed by atoms with E-state index in [1.54, 1.807) is 0 Å². The molecule has 0 aliphatic heterocycles. The third-order valence-corrected chi connectivity index (χ3v) is 3.93. The van der Waals surface area contributed by atoms with Crippen LogP contribution in [0, 0.1) is 0 Å². The van der Waals surface area contributed by atoms with E-state index in [4.69, 9.17) is 20.7 Å². The number of hydrogen-bond acceptors (Lipinski definition) is 5. The Morgan fingerprint density at radius 3 is 2.32 bits per heavy atom. The van der Waals surface area contributed by atoms with Gasteiger partial charge in [-0.05, 0) is 30.3 Å². The number of ether oxygens (including phenoxy) is 1. The first-order chi connectivity index (χ1) is 11.4. The minimum Gasteiger partial charge on any atom is -0.478 e. The molecule has 5 N–H and O–H groups in total. The Kier molecular flexibility index (Phi) is 4.64. The minimum absolute atomic E-state index is 0.352. The second-order valence-corrected chi connectivity index (χ2v) is 6.40. The number of carbonyl (C=O) groups is 1. The van der Waals surface area contributed by atoms with Crippen LogP contribution in [0.5, 0.6) is 11.5 Å². The summed E-state index contributed by atoms with van der Waals surface area (Å²) < 4.78 is 66.7. The number of primary sulfonamides is 1. The molecule has 0 saturated carbocycles. The number of aromatic carboxylic acids is 1. The van der Waals surface area contributed by atoms with Gasteiger partial charge in [-0.15, -0.1) is 0 Å². The zero-order chi connectivity index (χ0) is 19.0. The van der Waals surface area contributed by atoms with Gasteiger partial charge in [0, 0.05) is 0 Å². The molecule has 0 fully saturated rings. The maximum absolute atomic E-state index is 12.7. The average Bonchev–Trinajstić information content (AvgIpc) is 2.47. The summed E-state index contributed by atoms with van der Waals surface area (Å²) in [5, 5.41) is 14.0. The van der Waals surface area contributed by atoms with E-state index in [2.05, 4.69) is 0 Å². The third-order valence-electron chi connectivity index (χ3n) is 3.02. The first-order valence-electron chi connectivity index (χ1n) is 6.44. The van der Waals surface area contributed by atoms with Gasteiger partial charge in [0.15, 0.2) is 5.75 Å². The van der Waals surface area contributed by atoms with Gasteiger partial charge in [-0.2, -0.15) is 13.2 Å². The van der Waals surface area contributed by atoms with Crippen LogP contribution in [0.3, 0.4) is 0 Å². The van der Waals surface area contributed by atoms with Crippen LogP contribution in [0.25, 0.3) is 0 Å². The molecule has 0 aliphatic carbocycles. The van der Waals surface area contributed by atoms with Gasteiger partial charge in [0.2, 0.25) is 10.0 Å². The molecule has 0 saturated heterocycles. The molecule has 2 aromatic carbocycles. The van der Waals surface area contributed by atoms with E-state index in [1.165, 1.54) is 0 Å². The van der Waals surface area contributed by atoms with Crippen molar-refractivity contribution in [2.45, 2.75) is 11.1 Å². The smallest absolute Gasteiger partial charge is 0.416 e. The number of hydrogen-bond donors (Lipinski definition) is 3. The number of nitrogen functional groups attached to an aromatic ring is 1. The molecule has 11 heteroatoms. The molecule has 134 valence electrons. The second kappa shape index (κ2) is 6.26. The maximum Gasteiger partial charge on any atom is 0.416 e. The highest BCUT2D eigenvalue weighted by molar-refractivity contribution is 7.89. The number of anilines is 1. The lowest BCUT2D eigenvalue weighted by atomic mass is 10.2. The van der Waals surface area contributed by atoms with Crippen molar-refractivity contribution >= 4 is 21.7 Å². The van der Waals surface area contributed by atoms with E-state index in [-0.39, 0.29) is 5.75 Å². The van der Waals surface area contributed by atoms with Gasteiger partial charge in [0.1, 0.15) is 10.6 Å². The van der Waals surface area contributed by atoms with E-state index in [1.807, 2.05) is 0 Å². The molecule has 2 aromatic rings. The van der Waals surface area contributed by atoms with Crippen molar-refractivity contribution in [3.05, 3.63) is 47.5 Å². The standard InChI is InChI=1S/C14H11F3N2O5S/c15-14(16,17)8-2-1-3-9(6-8)24-12-10(18)4-7(13(20)21)5-11(12)25(19,22)23/h1-6H,18H2,(H,20,21)(H2,19,22,23). The lowest BCUT2D eigenvalue weighted by Gasteiger charge is -2.14. The predicted molar refractivity (Wildman–Crippen MR) is 80.7 cm³/mol. The Morgan fingerprint density at radius 1 is 1.16 bits per heavy atom. The topological polar surface area (TPSA) is 133 Å². The monoisotopic (exact) mass is 376 g/mol. The third kappa shape index (κ3) is 4.19. The van der Waals surface area contributed by atoms with E-state index >= 15 is 0 Å². The summed E-state index contributed by atoms with van der Waals surface area (Å²) in [6.45, 7) is 0. The molecular weight excluding hydrogens is 365 g/mol. The highest BCUT2D eigenvalue weighted by Gasteiger charge is 2.31. The van der Waals surface area contributed by atoms with Crippen molar-refractivity contribution in [2.24, 2.45) is 5.14 Å². The van der Waals surface area contributed by atoms with Crippen LogP contribution in [-0.2, 0) is 16.2 Å². The van der Waals surface area contributed by atoms with E-state index in [9.17, 15) is 26.4 Å². The number of rotatable bonds is 4. The Balaban J connectivity index is 2.59. The van der Waals surface area contributed by atoms with Crippen LogP contribution in [0.1, 0.15) is 15.9 Å². The van der Waals surface area contributed by atoms with Gasteiger partial charge in [0.25, 0.3) is 0 Å². The molecule has 2 rings (SSSR count). The summed E-state index contributed by atoms with van der Waals surface area (Å²) in [5.41, 5.74) is 3.68. The summed E-state index contributed by atoms with van der Waals surface area (Å²) >= 11 is 0. The summed E-state index contributed by atoms with van der Waals surface area (Å²) in [6.07, 6.45) is -4.64. The molecule has 0 bridgehead atoms. The normalized spacial score (nSPS) is 12.0. The zero-order valence-corrected chi connectivity index (χ0v) is 13.1. The highest BCUT2D eigenvalue weighted by atomic mass is 32.2. The number of carboxylic acids is 1. The molecule has 0 heterocycles. The molecule has 25 heavy (non-hydrogen) atoms. The van der Waals surface area contributed by atoms with Gasteiger partial charge < -0.3 is 15.6 Å². The molecule has 0 spiro atoms. The van der Waals surface area contributed by atoms with E-state index in [0.29, 0.717) is 12.1 Å². The highest BCUT2D eigenvalue weighted by Crippen LogP contribution is 2.37. The molecule has 7 nitrogen and oxygen atoms in total. The zero-order valence-electron chi connectivity index (χ0n) is 12.2. The van der Waals surface area contributed by atoms with Crippen molar-refractivity contribution in [1.82, 2.24) is 0 Å². The lowest BCUT2D eigenvalue weighted by molar-refractivity contribution is -0.137. The van der Waals surface area contributed by atoms with Crippen LogP contribution in [0.4, 0.5) is 18.9 Å². The minimum atomic E-state index is -4.64. The predicted octanol–water partition coefficient (Wildman–Crippen LogP) is 2.43. The fourth-order valence-corrected chi connectivity index (χ4v) is 2.63. The summed E-state index contributed by atoms with van der Waals surface area (Å²) in [5.74, 6) is -2.39. The first-order valence-corrected chi connectivity index (χ1v) is 7.99. The molecule has 0 aromatic heterocycles. The Bertz CT molecular complexity index is 942. The molecule has 0 unspecified atom stereocenters. The van der Waals surface area contributed by atoms with Crippen LogP contribution < -0.4 is 15.6 Å². The number of halogens is 3. The van der Waals surface area contributed by atoms with E-state index < -0.39 is 49.6 Å². The Morgan fingerprint density at radius 2 is 1.80 bits per heavy atom. The lowest BCUT2D eigenvalue weighted by Crippen LogP contribution is -2.15. The summed E-state index contributed by atoms with van der Waals surface area (Å²) in [6, 6.07) is 5.24. The van der Waals surface area contributed by atoms with Gasteiger partial charge in [-0.25, -0.2) is 18.4 Å². The molecule has 0 radical (unpaired) electrons. The molecular formula is C14H11F3N2O5S. The summed E-state index contributed by atoms with van der Waals surface area (Å²) in [7, 11) is -4.46.